The molecule has 0 spiro atoms. The van der Waals surface area contributed by atoms with Gasteiger partial charge in [-0.2, -0.15) is 0 Å². The summed E-state index contributed by atoms with van der Waals surface area (Å²) in [7, 11) is 0. The fraction of sp³-hybridized carbons (Fsp3) is 0.400. The molecule has 0 aliphatic heterocycles. The minimum Gasteiger partial charge on any atom is -0.222 e. The monoisotopic (exact) mass is 226 g/mol. The highest BCUT2D eigenvalue weighted by Crippen LogP contribution is 2.33. The molecule has 0 bridgehead atoms. The summed E-state index contributed by atoms with van der Waals surface area (Å²) in [4.78, 5) is 10.9. The van der Waals surface area contributed by atoms with Crippen molar-refractivity contribution < 1.29 is 0 Å². The molecular weight excluding hydrogens is 216 g/mol. The average molecular weight is 227 g/mol. The van der Waals surface area contributed by atoms with Crippen LogP contribution >= 0.6 is 22.9 Å². The minimum atomic E-state index is 0.584. The highest BCUT2D eigenvalue weighted by molar-refractivity contribution is 7.18. The number of hydrogen-bond acceptors (Lipinski definition) is 3. The maximum absolute atomic E-state index is 6.09. The Balaban J connectivity index is 2.85. The molecule has 2 nitrogen and oxygen atoms in total. The van der Waals surface area contributed by atoms with Crippen molar-refractivity contribution >= 4 is 33.2 Å². The van der Waals surface area contributed by atoms with Crippen LogP contribution in [0.4, 0.5) is 0 Å². The van der Waals surface area contributed by atoms with E-state index in [1.807, 2.05) is 6.92 Å². The van der Waals surface area contributed by atoms with Crippen molar-refractivity contribution in [3.05, 3.63) is 21.4 Å². The van der Waals surface area contributed by atoms with E-state index in [0.717, 1.165) is 22.5 Å². The zero-order chi connectivity index (χ0) is 10.3. The van der Waals surface area contributed by atoms with E-state index in [1.165, 1.54) is 10.4 Å². The fourth-order valence-corrected chi connectivity index (χ4v) is 3.15. The topological polar surface area (TPSA) is 25.8 Å². The van der Waals surface area contributed by atoms with Crippen molar-refractivity contribution in [2.45, 2.75) is 27.2 Å². The highest BCUT2D eigenvalue weighted by atomic mass is 35.5. The quantitative estimate of drug-likeness (QED) is 0.696. The van der Waals surface area contributed by atoms with Crippen molar-refractivity contribution in [1.29, 1.82) is 0 Å². The second-order valence-electron chi connectivity index (χ2n) is 3.25. The number of hydrogen-bond donors (Lipinski definition) is 0. The van der Waals surface area contributed by atoms with E-state index < -0.39 is 0 Å². The Morgan fingerprint density at radius 3 is 2.64 bits per heavy atom. The van der Waals surface area contributed by atoms with Gasteiger partial charge >= 0.3 is 0 Å². The van der Waals surface area contributed by atoms with Crippen LogP contribution in [0.1, 0.15) is 23.2 Å². The van der Waals surface area contributed by atoms with Crippen molar-refractivity contribution in [1.82, 2.24) is 9.97 Å². The van der Waals surface area contributed by atoms with Crippen LogP contribution in [0.2, 0.25) is 5.15 Å². The minimum absolute atomic E-state index is 0.584. The standard InChI is InChI=1S/C10H11ClN2S/c1-4-7-5(2)8-9(11)12-6(3)13-10(8)14-7/h4H2,1-3H3. The first-order chi connectivity index (χ1) is 6.63. The zero-order valence-corrected chi connectivity index (χ0v) is 9.96. The summed E-state index contributed by atoms with van der Waals surface area (Å²) in [6, 6.07) is 0. The molecule has 0 aliphatic rings. The Morgan fingerprint density at radius 2 is 2.00 bits per heavy atom. The number of fused-ring (bicyclic) bond motifs is 1. The van der Waals surface area contributed by atoms with Crippen LogP contribution in [0.25, 0.3) is 10.2 Å². The predicted molar refractivity (Wildman–Crippen MR) is 61.3 cm³/mol. The fourth-order valence-electron chi connectivity index (χ4n) is 1.57. The predicted octanol–water partition coefficient (Wildman–Crippen LogP) is 3.52. The third kappa shape index (κ3) is 1.41. The summed E-state index contributed by atoms with van der Waals surface area (Å²) in [6.45, 7) is 6.10. The first kappa shape index (κ1) is 9.87. The highest BCUT2D eigenvalue weighted by Gasteiger charge is 2.12. The molecule has 0 fully saturated rings. The second-order valence-corrected chi connectivity index (χ2v) is 4.69. The van der Waals surface area contributed by atoms with Crippen molar-refractivity contribution in [2.75, 3.05) is 0 Å². The van der Waals surface area contributed by atoms with Crippen molar-refractivity contribution in [3.8, 4) is 0 Å². The van der Waals surface area contributed by atoms with Gasteiger partial charge in [0.15, 0.2) is 0 Å². The van der Waals surface area contributed by atoms with Gasteiger partial charge in [-0.25, -0.2) is 9.97 Å². The molecule has 0 N–H and O–H groups in total. The molecule has 2 aromatic rings. The number of rotatable bonds is 1. The summed E-state index contributed by atoms with van der Waals surface area (Å²) in [6.07, 6.45) is 1.03. The second kappa shape index (κ2) is 3.48. The Morgan fingerprint density at radius 1 is 1.29 bits per heavy atom. The number of nitrogens with zero attached hydrogens (tertiary/aromatic N) is 2. The molecule has 2 rings (SSSR count). The van der Waals surface area contributed by atoms with E-state index in [1.54, 1.807) is 11.3 Å². The first-order valence-corrected chi connectivity index (χ1v) is 5.75. The number of halogens is 1. The van der Waals surface area contributed by atoms with Gasteiger partial charge in [-0.1, -0.05) is 18.5 Å². The summed E-state index contributed by atoms with van der Waals surface area (Å²) >= 11 is 7.81. The van der Waals surface area contributed by atoms with Gasteiger partial charge in [0.25, 0.3) is 0 Å². The van der Waals surface area contributed by atoms with E-state index in [-0.39, 0.29) is 0 Å². The molecule has 0 amide bonds. The van der Waals surface area contributed by atoms with Gasteiger partial charge in [0.2, 0.25) is 0 Å². The van der Waals surface area contributed by atoms with Crippen LogP contribution in [-0.4, -0.2) is 9.97 Å². The van der Waals surface area contributed by atoms with Gasteiger partial charge < -0.3 is 0 Å². The molecule has 0 saturated carbocycles. The molecule has 0 aliphatic carbocycles. The summed E-state index contributed by atoms with van der Waals surface area (Å²) < 4.78 is 0. The van der Waals surface area contributed by atoms with Gasteiger partial charge in [0.1, 0.15) is 15.8 Å². The molecule has 14 heavy (non-hydrogen) atoms. The van der Waals surface area contributed by atoms with Crippen LogP contribution in [0.15, 0.2) is 0 Å². The lowest BCUT2D eigenvalue weighted by molar-refractivity contribution is 1.10. The number of aryl methyl sites for hydroxylation is 3. The van der Waals surface area contributed by atoms with Crippen molar-refractivity contribution in [3.63, 3.8) is 0 Å². The van der Waals surface area contributed by atoms with Crippen LogP contribution in [0.3, 0.4) is 0 Å². The van der Waals surface area contributed by atoms with Gasteiger partial charge in [-0.05, 0) is 25.8 Å². The first-order valence-electron chi connectivity index (χ1n) is 4.55. The molecule has 0 saturated heterocycles. The van der Waals surface area contributed by atoms with E-state index >= 15 is 0 Å². The number of thiophene rings is 1. The summed E-state index contributed by atoms with van der Waals surface area (Å²) in [5.74, 6) is 0.742. The lowest BCUT2D eigenvalue weighted by atomic mass is 10.2. The molecule has 74 valence electrons. The third-order valence-corrected chi connectivity index (χ3v) is 3.88. The lowest BCUT2D eigenvalue weighted by Gasteiger charge is -1.96. The molecule has 0 unspecified atom stereocenters. The van der Waals surface area contributed by atoms with Gasteiger partial charge in [-0.15, -0.1) is 11.3 Å². The molecular formula is C10H11ClN2S. The lowest BCUT2D eigenvalue weighted by Crippen LogP contribution is -1.87. The molecule has 0 aromatic carbocycles. The van der Waals surface area contributed by atoms with Gasteiger partial charge in [0, 0.05) is 4.88 Å². The zero-order valence-electron chi connectivity index (χ0n) is 8.39. The average Bonchev–Trinajstić information content (AvgIpc) is 2.42. The normalized spacial score (nSPS) is 11.1. The van der Waals surface area contributed by atoms with E-state index in [2.05, 4.69) is 23.8 Å². The molecule has 0 radical (unpaired) electrons. The maximum atomic E-state index is 6.09. The van der Waals surface area contributed by atoms with Gasteiger partial charge in [-0.3, -0.25) is 0 Å². The summed E-state index contributed by atoms with van der Waals surface area (Å²) in [5.41, 5.74) is 1.23. The third-order valence-electron chi connectivity index (χ3n) is 2.28. The van der Waals surface area contributed by atoms with E-state index in [4.69, 9.17) is 11.6 Å². The molecule has 0 atom stereocenters. The Hall–Kier alpha value is -0.670. The van der Waals surface area contributed by atoms with E-state index in [9.17, 15) is 0 Å². The Bertz CT molecular complexity index is 490. The van der Waals surface area contributed by atoms with Crippen LogP contribution in [0.5, 0.6) is 0 Å². The summed E-state index contributed by atoms with van der Waals surface area (Å²) in [5, 5.41) is 1.61. The van der Waals surface area contributed by atoms with Gasteiger partial charge in [0.05, 0.1) is 5.39 Å². The van der Waals surface area contributed by atoms with Crippen LogP contribution in [0, 0.1) is 13.8 Å². The number of aromatic nitrogens is 2. The molecule has 2 heterocycles. The molecule has 4 heteroatoms. The Kier molecular flexibility index (Phi) is 2.45. The Labute approximate surface area is 92.0 Å². The maximum Gasteiger partial charge on any atom is 0.141 e. The molecule has 2 aromatic heterocycles. The largest absolute Gasteiger partial charge is 0.222 e. The smallest absolute Gasteiger partial charge is 0.141 e. The van der Waals surface area contributed by atoms with Crippen LogP contribution in [-0.2, 0) is 6.42 Å². The van der Waals surface area contributed by atoms with E-state index in [0.29, 0.717) is 5.15 Å². The van der Waals surface area contributed by atoms with Crippen molar-refractivity contribution in [2.24, 2.45) is 0 Å². The SMILES string of the molecule is CCc1sc2nc(C)nc(Cl)c2c1C. The van der Waals surface area contributed by atoms with Crippen LogP contribution < -0.4 is 0 Å².